The second-order valence-corrected chi connectivity index (χ2v) is 11.7. The molecule has 10 nitrogen and oxygen atoms in total. The fourth-order valence-corrected chi connectivity index (χ4v) is 7.95. The zero-order valence-corrected chi connectivity index (χ0v) is 24.2. The highest BCUT2D eigenvalue weighted by molar-refractivity contribution is 6.24. The third-order valence-corrected chi connectivity index (χ3v) is 9.82. The minimum absolute atomic E-state index is 0.125. The van der Waals surface area contributed by atoms with Gasteiger partial charge >= 0.3 is 6.18 Å². The van der Waals surface area contributed by atoms with Gasteiger partial charge in [-0.15, -0.1) is 0 Å². The van der Waals surface area contributed by atoms with Crippen LogP contribution in [0.5, 0.6) is 5.75 Å². The summed E-state index contributed by atoms with van der Waals surface area (Å²) in [4.78, 5) is 43.2. The molecule has 0 radical (unpaired) electrons. The van der Waals surface area contributed by atoms with E-state index in [0.29, 0.717) is 25.9 Å². The highest BCUT2D eigenvalue weighted by Crippen LogP contribution is 2.55. The fraction of sp³-hybridized carbons (Fsp3) is 0.567. The molecule has 1 amide bonds. The molecular weight excluding hydrogens is 571 g/mol. The van der Waals surface area contributed by atoms with Crippen molar-refractivity contribution in [3.8, 4) is 5.75 Å². The molecule has 1 heterocycles. The number of alkyl halides is 3. The number of aliphatic hydroxyl groups is 3. The van der Waals surface area contributed by atoms with E-state index in [2.05, 4.69) is 0 Å². The summed E-state index contributed by atoms with van der Waals surface area (Å²) in [5.74, 6) is -8.82. The van der Waals surface area contributed by atoms with Crippen LogP contribution in [0, 0.1) is 11.8 Å². The number of carbonyl (C=O) groups excluding carboxylic acids is 3. The average molecular weight is 608 g/mol. The van der Waals surface area contributed by atoms with Gasteiger partial charge in [0.2, 0.25) is 5.78 Å². The smallest absolute Gasteiger partial charge is 0.417 e. The largest absolute Gasteiger partial charge is 0.510 e. The SMILES string of the molecule is CCN(CC)[C@@H]1C(O)=C(C(N)=O)C(=O)[C@@]2(O)C(O)=C3C(=O)c4c(O)cc([C@@H]5CCCN5CC)c(C(F)(F)F)c4C[C@H]3C[C@@H]12. The lowest BCUT2D eigenvalue weighted by molar-refractivity contribution is -0.149. The van der Waals surface area contributed by atoms with E-state index in [1.54, 1.807) is 18.7 Å². The monoisotopic (exact) mass is 607 g/mol. The first-order valence-electron chi connectivity index (χ1n) is 14.6. The molecule has 0 unspecified atom stereocenters. The number of benzene rings is 1. The van der Waals surface area contributed by atoms with Gasteiger partial charge < -0.3 is 26.2 Å². The van der Waals surface area contributed by atoms with Crippen LogP contribution in [0.15, 0.2) is 28.7 Å². The van der Waals surface area contributed by atoms with Gasteiger partial charge in [0.1, 0.15) is 22.8 Å². The predicted octanol–water partition coefficient (Wildman–Crippen LogP) is 3.08. The molecule has 0 aromatic heterocycles. The van der Waals surface area contributed by atoms with Crippen molar-refractivity contribution in [3.63, 3.8) is 0 Å². The van der Waals surface area contributed by atoms with Gasteiger partial charge in [-0.3, -0.25) is 24.2 Å². The fourth-order valence-electron chi connectivity index (χ4n) is 7.95. The molecular formula is C30H36F3N3O7. The van der Waals surface area contributed by atoms with Crippen molar-refractivity contribution in [2.45, 2.75) is 70.3 Å². The molecule has 234 valence electrons. The molecule has 1 saturated heterocycles. The summed E-state index contributed by atoms with van der Waals surface area (Å²) in [7, 11) is 0. The first kappa shape index (κ1) is 31.0. The number of ketones is 2. The van der Waals surface area contributed by atoms with E-state index in [9.17, 15) is 48.0 Å². The number of likely N-dealkylation sites (tertiary alicyclic amines) is 1. The van der Waals surface area contributed by atoms with Crippen molar-refractivity contribution < 1.29 is 48.0 Å². The summed E-state index contributed by atoms with van der Waals surface area (Å²) >= 11 is 0. The Morgan fingerprint density at radius 1 is 1.16 bits per heavy atom. The van der Waals surface area contributed by atoms with E-state index in [4.69, 9.17) is 5.73 Å². The number of hydrogen-bond donors (Lipinski definition) is 5. The summed E-state index contributed by atoms with van der Waals surface area (Å²) < 4.78 is 44.5. The normalized spacial score (nSPS) is 29.7. The van der Waals surface area contributed by atoms with Gasteiger partial charge in [0.25, 0.3) is 5.91 Å². The van der Waals surface area contributed by atoms with Crippen LogP contribution < -0.4 is 5.73 Å². The van der Waals surface area contributed by atoms with Crippen LogP contribution in [0.3, 0.4) is 0 Å². The number of amides is 1. The summed E-state index contributed by atoms with van der Waals surface area (Å²) in [5.41, 5.74) is -1.07. The maximum atomic E-state index is 14.8. The van der Waals surface area contributed by atoms with Crippen LogP contribution in [0.2, 0.25) is 0 Å². The van der Waals surface area contributed by atoms with E-state index in [0.717, 1.165) is 6.07 Å². The Hall–Kier alpha value is -3.42. The second-order valence-electron chi connectivity index (χ2n) is 11.7. The van der Waals surface area contributed by atoms with Gasteiger partial charge in [-0.2, -0.15) is 13.2 Å². The van der Waals surface area contributed by atoms with E-state index < -0.39 is 105 Å². The number of primary amides is 1. The Balaban J connectivity index is 1.74. The summed E-state index contributed by atoms with van der Waals surface area (Å²) in [6.45, 7) is 6.91. The molecule has 0 bridgehead atoms. The first-order valence-corrected chi connectivity index (χ1v) is 14.6. The van der Waals surface area contributed by atoms with Crippen LogP contribution in [-0.2, 0) is 22.2 Å². The molecule has 5 rings (SSSR count). The lowest BCUT2D eigenvalue weighted by atomic mass is 9.58. The molecule has 3 aliphatic carbocycles. The van der Waals surface area contributed by atoms with Crippen LogP contribution in [0.4, 0.5) is 13.2 Å². The molecule has 5 atom stereocenters. The van der Waals surface area contributed by atoms with Gasteiger partial charge in [0, 0.05) is 17.5 Å². The predicted molar refractivity (Wildman–Crippen MR) is 147 cm³/mol. The van der Waals surface area contributed by atoms with E-state index in [-0.39, 0.29) is 25.1 Å². The number of halogens is 3. The molecule has 1 aliphatic heterocycles. The zero-order chi connectivity index (χ0) is 31.8. The Labute approximate surface area is 246 Å². The lowest BCUT2D eigenvalue weighted by Crippen LogP contribution is -2.64. The third kappa shape index (κ3) is 4.38. The van der Waals surface area contributed by atoms with E-state index in [1.807, 2.05) is 11.8 Å². The summed E-state index contributed by atoms with van der Waals surface area (Å²) in [5, 5.41) is 45.4. The third-order valence-electron chi connectivity index (χ3n) is 9.82. The Morgan fingerprint density at radius 3 is 2.37 bits per heavy atom. The van der Waals surface area contributed by atoms with Gasteiger partial charge in [-0.25, -0.2) is 0 Å². The van der Waals surface area contributed by atoms with Crippen molar-refractivity contribution in [2.75, 3.05) is 26.2 Å². The number of aliphatic hydroxyl groups excluding tert-OH is 2. The van der Waals surface area contributed by atoms with E-state index in [1.165, 1.54) is 0 Å². The number of likely N-dealkylation sites (N-methyl/N-ethyl adjacent to an activating group) is 1. The lowest BCUT2D eigenvalue weighted by Gasteiger charge is -2.51. The van der Waals surface area contributed by atoms with Crippen LogP contribution in [0.25, 0.3) is 0 Å². The maximum Gasteiger partial charge on any atom is 0.417 e. The first-order chi connectivity index (χ1) is 20.1. The number of allylic oxidation sites excluding steroid dienone is 1. The summed E-state index contributed by atoms with van der Waals surface area (Å²) in [6, 6.07) is -0.865. The van der Waals surface area contributed by atoms with E-state index >= 15 is 0 Å². The molecule has 1 fully saturated rings. The Bertz CT molecular complexity index is 1470. The van der Waals surface area contributed by atoms with Crippen molar-refractivity contribution in [3.05, 3.63) is 51.0 Å². The minimum atomic E-state index is -4.88. The number of carbonyl (C=O) groups is 3. The standard InChI is InChI=1S/C30H36F3N3O7/c1-4-35(5-2)23-16-11-13-10-15-20(18(37)12-14(22(15)30(31,32)33)17-8-7-9-36(17)6-3)24(38)19(13)26(40)29(16,43)27(41)21(25(23)39)28(34)42/h12-13,16-17,23,37,39-40,43H,4-11H2,1-3H3,(H2,34,42)/t13-,16-,17-,23-,29-/m0/s1. The zero-order valence-electron chi connectivity index (χ0n) is 24.2. The molecule has 1 aromatic carbocycles. The molecule has 0 saturated carbocycles. The quantitative estimate of drug-likeness (QED) is 0.306. The topological polar surface area (TPSA) is 165 Å². The van der Waals surface area contributed by atoms with Gasteiger partial charge in [-0.1, -0.05) is 20.8 Å². The Kier molecular flexibility index (Phi) is 7.67. The number of nitrogens with two attached hydrogens (primary N) is 1. The molecule has 6 N–H and O–H groups in total. The number of phenols is 1. The highest BCUT2D eigenvalue weighted by atomic mass is 19.4. The van der Waals surface area contributed by atoms with Gasteiger partial charge in [-0.05, 0) is 75.0 Å². The summed E-state index contributed by atoms with van der Waals surface area (Å²) in [6.07, 6.45) is -4.47. The van der Waals surface area contributed by atoms with Crippen LogP contribution in [0.1, 0.15) is 73.1 Å². The second kappa shape index (κ2) is 10.6. The number of hydrogen-bond acceptors (Lipinski definition) is 9. The molecule has 1 aromatic rings. The van der Waals surface area contributed by atoms with Gasteiger partial charge in [0.15, 0.2) is 11.4 Å². The van der Waals surface area contributed by atoms with Crippen molar-refractivity contribution in [1.82, 2.24) is 9.80 Å². The molecule has 0 spiro atoms. The number of aromatic hydroxyl groups is 1. The number of fused-ring (bicyclic) bond motifs is 3. The molecule has 13 heteroatoms. The average Bonchev–Trinajstić information content (AvgIpc) is 3.40. The maximum absolute atomic E-state index is 14.8. The van der Waals surface area contributed by atoms with Crippen molar-refractivity contribution in [2.24, 2.45) is 17.6 Å². The molecule has 4 aliphatic rings. The number of nitrogens with zero attached hydrogens (tertiary/aromatic N) is 2. The van der Waals surface area contributed by atoms with Crippen LogP contribution >= 0.6 is 0 Å². The molecule has 43 heavy (non-hydrogen) atoms. The number of rotatable bonds is 6. The van der Waals surface area contributed by atoms with Gasteiger partial charge in [0.05, 0.1) is 17.2 Å². The van der Waals surface area contributed by atoms with Crippen molar-refractivity contribution in [1.29, 1.82) is 0 Å². The number of Topliss-reactive ketones (excluding diaryl/α,β-unsaturated/α-hetero) is 2. The van der Waals surface area contributed by atoms with Crippen LogP contribution in [-0.4, -0.2) is 85.5 Å². The number of phenolic OH excluding ortho intramolecular Hbond substituents is 1. The minimum Gasteiger partial charge on any atom is -0.510 e. The Morgan fingerprint density at radius 2 is 1.81 bits per heavy atom. The highest BCUT2D eigenvalue weighted by Gasteiger charge is 2.64. The van der Waals surface area contributed by atoms with Crippen molar-refractivity contribution >= 4 is 17.5 Å².